The minimum atomic E-state index is -0.809. The Hall–Kier alpha value is -4.16. The highest BCUT2D eigenvalue weighted by molar-refractivity contribution is 6.30. The molecule has 0 aromatic heterocycles. The molecule has 0 saturated heterocycles. The lowest BCUT2D eigenvalue weighted by atomic mass is 10.0. The zero-order valence-corrected chi connectivity index (χ0v) is 20.0. The van der Waals surface area contributed by atoms with Crippen LogP contribution < -0.4 is 14.9 Å². The van der Waals surface area contributed by atoms with Crippen molar-refractivity contribution in [1.29, 1.82) is 0 Å². The van der Waals surface area contributed by atoms with Crippen molar-refractivity contribution in [3.05, 3.63) is 107 Å². The van der Waals surface area contributed by atoms with Crippen molar-refractivity contribution in [2.45, 2.75) is 20.0 Å². The Balaban J connectivity index is 1.54. The van der Waals surface area contributed by atoms with Gasteiger partial charge in [0, 0.05) is 10.6 Å². The molecule has 0 spiro atoms. The zero-order valence-electron chi connectivity index (χ0n) is 19.2. The molecule has 176 valence electrons. The number of fused-ring (bicyclic) bond motifs is 1. The summed E-state index contributed by atoms with van der Waals surface area (Å²) < 4.78 is 11.3. The number of hydrogen-bond donors (Lipinski definition) is 1. The summed E-state index contributed by atoms with van der Waals surface area (Å²) in [6, 6.07) is 25.2. The summed E-state index contributed by atoms with van der Waals surface area (Å²) in [5.41, 5.74) is 4.45. The highest BCUT2D eigenvalue weighted by Gasteiger charge is 2.16. The third-order valence-corrected chi connectivity index (χ3v) is 5.47. The number of hydrazone groups is 1. The van der Waals surface area contributed by atoms with Gasteiger partial charge in [-0.15, -0.1) is 0 Å². The molecule has 4 rings (SSSR count). The molecular formula is C28H23ClN2O4. The average Bonchev–Trinajstić information content (AvgIpc) is 2.85. The Morgan fingerprint density at radius 3 is 2.57 bits per heavy atom. The third kappa shape index (κ3) is 6.05. The van der Waals surface area contributed by atoms with Gasteiger partial charge in [0.15, 0.2) is 6.10 Å². The summed E-state index contributed by atoms with van der Waals surface area (Å²) in [5, 5.41) is 6.38. The van der Waals surface area contributed by atoms with Gasteiger partial charge in [-0.25, -0.2) is 10.2 Å². The molecule has 0 unspecified atom stereocenters. The minimum Gasteiger partial charge on any atom is -0.481 e. The lowest BCUT2D eigenvalue weighted by molar-refractivity contribution is -0.127. The Bertz CT molecular complexity index is 1420. The van der Waals surface area contributed by atoms with E-state index in [1.807, 2.05) is 43.3 Å². The van der Waals surface area contributed by atoms with Gasteiger partial charge in [0.05, 0.1) is 11.8 Å². The van der Waals surface area contributed by atoms with E-state index in [-0.39, 0.29) is 0 Å². The number of amides is 1. The molecule has 1 atom stereocenters. The molecule has 4 aromatic rings. The van der Waals surface area contributed by atoms with Gasteiger partial charge in [-0.2, -0.15) is 5.10 Å². The molecule has 0 aliphatic heterocycles. The van der Waals surface area contributed by atoms with Gasteiger partial charge >= 0.3 is 5.97 Å². The first-order chi connectivity index (χ1) is 16.9. The summed E-state index contributed by atoms with van der Waals surface area (Å²) in [5.74, 6) is -0.120. The van der Waals surface area contributed by atoms with Gasteiger partial charge in [0.2, 0.25) is 0 Å². The molecule has 1 amide bonds. The summed E-state index contributed by atoms with van der Waals surface area (Å²) in [6.07, 6.45) is 0.655. The highest BCUT2D eigenvalue weighted by atomic mass is 35.5. The molecule has 0 fully saturated rings. The van der Waals surface area contributed by atoms with Crippen LogP contribution >= 0.6 is 11.6 Å². The maximum absolute atomic E-state index is 12.8. The normalized spacial score (nSPS) is 11.9. The van der Waals surface area contributed by atoms with E-state index in [1.54, 1.807) is 55.5 Å². The van der Waals surface area contributed by atoms with Crippen LogP contribution in [0.5, 0.6) is 11.5 Å². The van der Waals surface area contributed by atoms with Gasteiger partial charge in [0.1, 0.15) is 11.5 Å². The number of rotatable bonds is 7. The molecule has 1 N–H and O–H groups in total. The van der Waals surface area contributed by atoms with Crippen LogP contribution in [0.15, 0.2) is 90.0 Å². The lowest BCUT2D eigenvalue weighted by Crippen LogP contribution is -2.33. The molecule has 0 bridgehead atoms. The Morgan fingerprint density at radius 1 is 0.971 bits per heavy atom. The van der Waals surface area contributed by atoms with E-state index in [2.05, 4.69) is 10.5 Å². The topological polar surface area (TPSA) is 77.0 Å². The minimum absolute atomic E-state index is 0.330. The zero-order chi connectivity index (χ0) is 24.8. The Morgan fingerprint density at radius 2 is 1.77 bits per heavy atom. The van der Waals surface area contributed by atoms with Crippen LogP contribution in [0.3, 0.4) is 0 Å². The van der Waals surface area contributed by atoms with Gasteiger partial charge < -0.3 is 9.47 Å². The molecule has 0 heterocycles. The van der Waals surface area contributed by atoms with E-state index in [0.717, 1.165) is 16.3 Å². The van der Waals surface area contributed by atoms with Crippen LogP contribution in [0, 0.1) is 6.92 Å². The summed E-state index contributed by atoms with van der Waals surface area (Å²) in [6.45, 7) is 3.52. The molecular weight excluding hydrogens is 464 g/mol. The number of nitrogens with one attached hydrogen (secondary N) is 1. The molecule has 0 aliphatic carbocycles. The Kier molecular flexibility index (Phi) is 7.43. The molecule has 0 saturated carbocycles. The van der Waals surface area contributed by atoms with Crippen LogP contribution in [0.1, 0.15) is 28.4 Å². The number of ether oxygens (including phenoxy) is 2. The van der Waals surface area contributed by atoms with E-state index in [1.165, 1.54) is 6.21 Å². The van der Waals surface area contributed by atoms with E-state index < -0.39 is 18.0 Å². The van der Waals surface area contributed by atoms with Crippen molar-refractivity contribution in [3.8, 4) is 11.5 Å². The number of carbonyl (C=O) groups excluding carboxylic acids is 2. The molecule has 35 heavy (non-hydrogen) atoms. The molecule has 6 nitrogen and oxygen atoms in total. The van der Waals surface area contributed by atoms with Gasteiger partial charge in [0.25, 0.3) is 5.91 Å². The number of nitrogens with zero attached hydrogens (tertiary/aromatic N) is 1. The number of esters is 1. The predicted octanol–water partition coefficient (Wildman–Crippen LogP) is 5.94. The van der Waals surface area contributed by atoms with E-state index >= 15 is 0 Å². The van der Waals surface area contributed by atoms with Crippen LogP contribution in [-0.4, -0.2) is 24.2 Å². The molecule has 0 radical (unpaired) electrons. The first-order valence-corrected chi connectivity index (χ1v) is 11.3. The fourth-order valence-corrected chi connectivity index (χ4v) is 3.66. The Labute approximate surface area is 208 Å². The smallest absolute Gasteiger partial charge is 0.343 e. The monoisotopic (exact) mass is 486 g/mol. The van der Waals surface area contributed by atoms with Gasteiger partial charge in [-0.05, 0) is 61.0 Å². The molecule has 4 aromatic carbocycles. The SMILES string of the molecule is Cc1cccc(C(=O)Oc2ccc3ccccc3c2/C=N\NC(=O)[C@@H](C)Oc2cccc(Cl)c2)c1. The second-order valence-electron chi connectivity index (χ2n) is 7.91. The maximum atomic E-state index is 12.8. The average molecular weight is 487 g/mol. The third-order valence-electron chi connectivity index (χ3n) is 5.23. The van der Waals surface area contributed by atoms with Gasteiger partial charge in [-0.3, -0.25) is 4.79 Å². The number of carbonyl (C=O) groups is 2. The number of benzene rings is 4. The fraction of sp³-hybridized carbons (Fsp3) is 0.107. The second-order valence-corrected chi connectivity index (χ2v) is 8.35. The quantitative estimate of drug-likeness (QED) is 0.152. The summed E-state index contributed by atoms with van der Waals surface area (Å²) in [4.78, 5) is 25.3. The van der Waals surface area contributed by atoms with Gasteiger partial charge in [-0.1, -0.05) is 65.7 Å². The fourth-order valence-electron chi connectivity index (χ4n) is 3.48. The number of aryl methyl sites for hydroxylation is 1. The summed E-state index contributed by atoms with van der Waals surface area (Å²) >= 11 is 5.96. The van der Waals surface area contributed by atoms with Crippen molar-refractivity contribution in [2.24, 2.45) is 5.10 Å². The van der Waals surface area contributed by atoms with E-state index in [4.69, 9.17) is 21.1 Å². The van der Waals surface area contributed by atoms with Crippen LogP contribution in [0.2, 0.25) is 5.02 Å². The molecule has 0 aliphatic rings. The summed E-state index contributed by atoms with van der Waals surface area (Å²) in [7, 11) is 0. The standard InChI is InChI=1S/C28H23ClN2O4/c1-18-7-5-9-21(15-18)28(33)35-26-14-13-20-8-3-4-12-24(20)25(26)17-30-31-27(32)19(2)34-23-11-6-10-22(29)16-23/h3-17,19H,1-2H3,(H,31,32)/b30-17-/t19-/m1/s1. The van der Waals surface area contributed by atoms with Crippen molar-refractivity contribution in [3.63, 3.8) is 0 Å². The highest BCUT2D eigenvalue weighted by Crippen LogP contribution is 2.27. The van der Waals surface area contributed by atoms with Crippen LogP contribution in [0.25, 0.3) is 10.8 Å². The van der Waals surface area contributed by atoms with E-state index in [9.17, 15) is 9.59 Å². The first kappa shape index (κ1) is 24.0. The largest absolute Gasteiger partial charge is 0.481 e. The second kappa shape index (κ2) is 10.8. The van der Waals surface area contributed by atoms with Crippen LogP contribution in [-0.2, 0) is 4.79 Å². The molecule has 7 heteroatoms. The first-order valence-electron chi connectivity index (χ1n) is 11.0. The van der Waals surface area contributed by atoms with Crippen LogP contribution in [0.4, 0.5) is 0 Å². The maximum Gasteiger partial charge on any atom is 0.343 e. The van der Waals surface area contributed by atoms with E-state index in [0.29, 0.717) is 27.6 Å². The number of halogens is 1. The van der Waals surface area contributed by atoms with Crippen molar-refractivity contribution >= 4 is 40.5 Å². The van der Waals surface area contributed by atoms with Crippen molar-refractivity contribution < 1.29 is 19.1 Å². The predicted molar refractivity (Wildman–Crippen MR) is 137 cm³/mol. The lowest BCUT2D eigenvalue weighted by Gasteiger charge is -2.13. The number of hydrogen-bond acceptors (Lipinski definition) is 5. The van der Waals surface area contributed by atoms with Crippen molar-refractivity contribution in [2.75, 3.05) is 0 Å². The van der Waals surface area contributed by atoms with Crippen molar-refractivity contribution in [1.82, 2.24) is 5.43 Å².